The summed E-state index contributed by atoms with van der Waals surface area (Å²) in [5.74, 6) is 2.09. The van der Waals surface area contributed by atoms with E-state index in [1.807, 2.05) is 38.1 Å². The van der Waals surface area contributed by atoms with Gasteiger partial charge in [0.15, 0.2) is 28.8 Å². The van der Waals surface area contributed by atoms with E-state index in [2.05, 4.69) is 64.8 Å². The molecule has 16 heteroatoms. The van der Waals surface area contributed by atoms with Crippen molar-refractivity contribution in [2.45, 2.75) is 108 Å². The van der Waals surface area contributed by atoms with Crippen molar-refractivity contribution in [1.82, 2.24) is 50.3 Å². The molecule has 0 bridgehead atoms. The highest BCUT2D eigenvalue weighted by Gasteiger charge is 2.23. The van der Waals surface area contributed by atoms with Crippen LogP contribution >= 0.6 is 0 Å². The van der Waals surface area contributed by atoms with Crippen LogP contribution in [0.3, 0.4) is 0 Å². The maximum atomic E-state index is 13.0. The lowest BCUT2D eigenvalue weighted by Crippen LogP contribution is -2.40. The summed E-state index contributed by atoms with van der Waals surface area (Å²) < 4.78 is 17.5. The molecule has 0 aliphatic carbocycles. The first-order chi connectivity index (χ1) is 29.9. The van der Waals surface area contributed by atoms with Crippen LogP contribution in [0.25, 0.3) is 55.8 Å². The van der Waals surface area contributed by atoms with Gasteiger partial charge >= 0.3 is 0 Å². The number of oxazole rings is 2. The van der Waals surface area contributed by atoms with Crippen molar-refractivity contribution in [3.8, 4) is 33.6 Å². The number of aryl methyl sites for hydroxylation is 2. The lowest BCUT2D eigenvalue weighted by atomic mass is 9.98. The van der Waals surface area contributed by atoms with Crippen molar-refractivity contribution in [3.05, 3.63) is 72.6 Å². The maximum Gasteiger partial charge on any atom is 0.242 e. The van der Waals surface area contributed by atoms with Crippen molar-refractivity contribution in [2.24, 2.45) is 0 Å². The Balaban J connectivity index is 0.00000133. The molecule has 16 nitrogen and oxygen atoms in total. The van der Waals surface area contributed by atoms with E-state index in [0.29, 0.717) is 77.6 Å². The van der Waals surface area contributed by atoms with Crippen LogP contribution in [0.1, 0.15) is 104 Å². The molecule has 0 aliphatic rings. The number of carbonyl (C=O) groups is 3. The monoisotopic (exact) mass is 853 g/mol. The summed E-state index contributed by atoms with van der Waals surface area (Å²) in [5, 5.41) is 5.54. The van der Waals surface area contributed by atoms with Gasteiger partial charge in [-0.2, -0.15) is 0 Å². The molecule has 0 fully saturated rings. The number of amides is 3. The second-order valence-corrected chi connectivity index (χ2v) is 14.8. The molecular formula is C46H64N10O6. The molecule has 334 valence electrons. The van der Waals surface area contributed by atoms with E-state index in [-0.39, 0.29) is 37.4 Å². The summed E-state index contributed by atoms with van der Waals surface area (Å²) in [6.45, 7) is 23.2. The standard InChI is InChI=1S/C40H48N10O6.2C3H8/c1-8-15-49(35(52)19-41-23(4)54-7)22-33-43-18-31(48-33)29-14-11-26(37-40(29)56-24(5)45-37)27-12-13-28(38-39(27)55-25(6)46-38)30-17-42-32(47-30)21-50(16-9-2)36(53)20-44-34(51)10-3;2*1-3-2/h11-14,17-18,41H,4,8-10,15-16,19-22H2,1-3,5-7H3,(H,42,47)(H,43,48)(H,44,51);2*3H2,1-2H3. The number of methoxy groups -OCH3 is 1. The Morgan fingerprint density at radius 1 is 0.677 bits per heavy atom. The van der Waals surface area contributed by atoms with E-state index in [0.717, 1.165) is 46.5 Å². The van der Waals surface area contributed by atoms with Gasteiger partial charge in [-0.15, -0.1) is 0 Å². The summed E-state index contributed by atoms with van der Waals surface area (Å²) >= 11 is 0. The molecule has 2 aromatic carbocycles. The van der Waals surface area contributed by atoms with Gasteiger partial charge in [0, 0.05) is 55.6 Å². The smallest absolute Gasteiger partial charge is 0.242 e. The Labute approximate surface area is 364 Å². The molecule has 4 aromatic heterocycles. The average molecular weight is 853 g/mol. The molecule has 0 radical (unpaired) electrons. The number of nitrogens with one attached hydrogen (secondary N) is 4. The van der Waals surface area contributed by atoms with Gasteiger partial charge in [-0.3, -0.25) is 14.4 Å². The van der Waals surface area contributed by atoms with E-state index in [9.17, 15) is 14.4 Å². The number of benzene rings is 2. The first-order valence-corrected chi connectivity index (χ1v) is 21.5. The second kappa shape index (κ2) is 23.5. The highest BCUT2D eigenvalue weighted by molar-refractivity contribution is 6.06. The Morgan fingerprint density at radius 2 is 1.11 bits per heavy atom. The lowest BCUT2D eigenvalue weighted by Gasteiger charge is -2.21. The second-order valence-electron chi connectivity index (χ2n) is 14.8. The molecule has 0 spiro atoms. The van der Waals surface area contributed by atoms with Gasteiger partial charge in [-0.1, -0.05) is 67.4 Å². The highest BCUT2D eigenvalue weighted by atomic mass is 16.5. The fraction of sp³-hybridized carbons (Fsp3) is 0.457. The van der Waals surface area contributed by atoms with E-state index < -0.39 is 0 Å². The van der Waals surface area contributed by atoms with Crippen LogP contribution in [0.4, 0.5) is 0 Å². The summed E-state index contributed by atoms with van der Waals surface area (Å²) in [4.78, 5) is 66.5. The molecule has 0 atom stereocenters. The predicted molar refractivity (Wildman–Crippen MR) is 242 cm³/mol. The molecule has 3 amide bonds. The quantitative estimate of drug-likeness (QED) is 0.0604. The SMILES string of the molecule is C=C(NCC(=O)N(CCC)Cc1ncc(-c2ccc(-c3ccc(-c4cnc(CN(CCC)C(=O)CNC(=O)CC)[nH]4)c4nc(C)oc34)c3nc(C)oc23)[nH]1)OC.CCC.CCC. The number of hydrogen-bond donors (Lipinski definition) is 4. The molecule has 6 aromatic rings. The molecule has 0 unspecified atom stereocenters. The molecule has 0 saturated carbocycles. The third-order valence-corrected chi connectivity index (χ3v) is 9.24. The average Bonchev–Trinajstić information content (AvgIpc) is 4.08. The van der Waals surface area contributed by atoms with Crippen LogP contribution in [-0.4, -0.2) is 90.7 Å². The zero-order valence-corrected chi connectivity index (χ0v) is 38.1. The van der Waals surface area contributed by atoms with Gasteiger partial charge in [0.05, 0.1) is 57.1 Å². The fourth-order valence-electron chi connectivity index (χ4n) is 6.50. The van der Waals surface area contributed by atoms with Gasteiger partial charge in [0.2, 0.25) is 17.7 Å². The van der Waals surface area contributed by atoms with E-state index in [1.54, 1.807) is 43.0 Å². The van der Waals surface area contributed by atoms with Gasteiger partial charge in [-0.25, -0.2) is 19.9 Å². The van der Waals surface area contributed by atoms with Crippen LogP contribution in [0.5, 0.6) is 0 Å². The number of carbonyl (C=O) groups excluding carboxylic acids is 3. The number of fused-ring (bicyclic) bond motifs is 2. The number of rotatable bonds is 18. The molecule has 0 saturated heterocycles. The van der Waals surface area contributed by atoms with Crippen molar-refractivity contribution >= 4 is 39.9 Å². The normalized spacial score (nSPS) is 10.7. The lowest BCUT2D eigenvalue weighted by molar-refractivity contribution is -0.133. The molecule has 62 heavy (non-hydrogen) atoms. The topological polar surface area (TPSA) is 200 Å². The Morgan fingerprint density at radius 3 is 1.61 bits per heavy atom. The highest BCUT2D eigenvalue weighted by Crippen LogP contribution is 2.40. The molecule has 4 N–H and O–H groups in total. The third-order valence-electron chi connectivity index (χ3n) is 9.24. The van der Waals surface area contributed by atoms with Crippen LogP contribution in [0.2, 0.25) is 0 Å². The maximum absolute atomic E-state index is 13.0. The number of hydrogen-bond acceptors (Lipinski definition) is 11. The van der Waals surface area contributed by atoms with Crippen molar-refractivity contribution in [2.75, 3.05) is 33.3 Å². The Kier molecular flexibility index (Phi) is 18.3. The third kappa shape index (κ3) is 12.3. The summed E-state index contributed by atoms with van der Waals surface area (Å²) in [6.07, 6.45) is 7.81. The van der Waals surface area contributed by atoms with Crippen molar-refractivity contribution in [1.29, 1.82) is 0 Å². The number of H-pyrrole nitrogens is 2. The Hall–Kier alpha value is -6.45. The minimum atomic E-state index is -0.177. The zero-order valence-electron chi connectivity index (χ0n) is 38.1. The predicted octanol–water partition coefficient (Wildman–Crippen LogP) is 8.58. The zero-order chi connectivity index (χ0) is 45.3. The van der Waals surface area contributed by atoms with Crippen LogP contribution < -0.4 is 10.6 Å². The van der Waals surface area contributed by atoms with Gasteiger partial charge in [0.25, 0.3) is 0 Å². The van der Waals surface area contributed by atoms with Crippen LogP contribution in [0.15, 0.2) is 58.0 Å². The number of aromatic amines is 2. The van der Waals surface area contributed by atoms with Crippen molar-refractivity contribution < 1.29 is 28.0 Å². The number of imidazole rings is 2. The summed E-state index contributed by atoms with van der Waals surface area (Å²) in [7, 11) is 1.49. The van der Waals surface area contributed by atoms with Gasteiger partial charge < -0.3 is 44.0 Å². The van der Waals surface area contributed by atoms with E-state index in [1.165, 1.54) is 20.0 Å². The number of nitrogens with zero attached hydrogens (tertiary/aromatic N) is 6. The summed E-state index contributed by atoms with van der Waals surface area (Å²) in [5.41, 5.74) is 7.01. The molecule has 4 heterocycles. The minimum absolute atomic E-state index is 0.0592. The number of aromatic nitrogens is 6. The van der Waals surface area contributed by atoms with Gasteiger partial charge in [-0.05, 0) is 37.6 Å². The van der Waals surface area contributed by atoms with E-state index >= 15 is 0 Å². The van der Waals surface area contributed by atoms with Crippen molar-refractivity contribution in [3.63, 3.8) is 0 Å². The summed E-state index contributed by atoms with van der Waals surface area (Å²) in [6, 6.07) is 7.86. The molecule has 6 rings (SSSR count). The van der Waals surface area contributed by atoms with Crippen LogP contribution in [0, 0.1) is 13.8 Å². The largest absolute Gasteiger partial charge is 0.483 e. The van der Waals surface area contributed by atoms with E-state index in [4.69, 9.17) is 23.5 Å². The first kappa shape index (κ1) is 48.2. The number of ether oxygens (including phenoxy) is 1. The fourth-order valence-corrected chi connectivity index (χ4v) is 6.50. The van der Waals surface area contributed by atoms with Gasteiger partial charge in [0.1, 0.15) is 22.7 Å². The first-order valence-electron chi connectivity index (χ1n) is 21.5. The molecular weight excluding hydrogens is 789 g/mol. The van der Waals surface area contributed by atoms with Crippen LogP contribution in [-0.2, 0) is 32.2 Å². The molecule has 0 aliphatic heterocycles. The minimum Gasteiger partial charge on any atom is -0.483 e. The Bertz CT molecular complexity index is 2240.